The molecule has 6 nitrogen and oxygen atoms in total. The number of rotatable bonds is 4. The second kappa shape index (κ2) is 8.43. The molecule has 0 radical (unpaired) electrons. The van der Waals surface area contributed by atoms with E-state index in [4.69, 9.17) is 9.47 Å². The van der Waals surface area contributed by atoms with Crippen LogP contribution in [0.3, 0.4) is 0 Å². The number of benzene rings is 2. The summed E-state index contributed by atoms with van der Waals surface area (Å²) in [6, 6.07) is 17.9. The van der Waals surface area contributed by atoms with Crippen molar-refractivity contribution in [2.45, 2.75) is 44.8 Å². The summed E-state index contributed by atoms with van der Waals surface area (Å²) in [7, 11) is 1.32. The van der Waals surface area contributed by atoms with Crippen LogP contribution in [0.1, 0.15) is 37.6 Å². The van der Waals surface area contributed by atoms with Gasteiger partial charge in [0, 0.05) is 36.2 Å². The standard InChI is InChI=1S/C26H30N2O4/c1-25(2,3)32-24(30)26(23(29)31-4)17-28(16-18-10-6-5-7-11-18)15-14-20-19-12-8-9-13-21(19)27-22(20)26/h5-13,27H,14-17H2,1-4H3. The Morgan fingerprint density at radius 2 is 1.72 bits per heavy atom. The number of nitrogens with one attached hydrogen (secondary N) is 1. The van der Waals surface area contributed by atoms with Crippen molar-refractivity contribution in [3.63, 3.8) is 0 Å². The lowest BCUT2D eigenvalue weighted by atomic mass is 9.81. The van der Waals surface area contributed by atoms with Crippen molar-refractivity contribution in [3.8, 4) is 0 Å². The molecule has 0 aliphatic carbocycles. The molecular formula is C26H30N2O4. The third-order valence-corrected chi connectivity index (χ3v) is 5.91. The second-order valence-electron chi connectivity index (χ2n) is 9.37. The lowest BCUT2D eigenvalue weighted by molar-refractivity contribution is -0.172. The van der Waals surface area contributed by atoms with Gasteiger partial charge >= 0.3 is 11.9 Å². The van der Waals surface area contributed by atoms with Crippen molar-refractivity contribution in [3.05, 3.63) is 71.4 Å². The molecule has 32 heavy (non-hydrogen) atoms. The highest BCUT2D eigenvalue weighted by Crippen LogP contribution is 2.39. The molecule has 0 saturated heterocycles. The number of H-pyrrole nitrogens is 1. The van der Waals surface area contributed by atoms with Crippen LogP contribution in [0.5, 0.6) is 0 Å². The zero-order chi connectivity index (χ0) is 22.9. The van der Waals surface area contributed by atoms with Gasteiger partial charge in [-0.05, 0) is 44.4 Å². The molecule has 4 rings (SSSR count). The maximum atomic E-state index is 13.8. The van der Waals surface area contributed by atoms with E-state index < -0.39 is 23.0 Å². The minimum absolute atomic E-state index is 0.170. The second-order valence-corrected chi connectivity index (χ2v) is 9.37. The van der Waals surface area contributed by atoms with E-state index in [0.717, 1.165) is 22.0 Å². The summed E-state index contributed by atoms with van der Waals surface area (Å²) < 4.78 is 11.1. The number of esters is 2. The van der Waals surface area contributed by atoms with Crippen LogP contribution in [0, 0.1) is 0 Å². The van der Waals surface area contributed by atoms with Crippen LogP contribution < -0.4 is 0 Å². The molecule has 1 aliphatic heterocycles. The molecule has 2 heterocycles. The smallest absolute Gasteiger partial charge is 0.331 e. The molecule has 1 aromatic heterocycles. The average Bonchev–Trinajstić information content (AvgIpc) is 3.05. The van der Waals surface area contributed by atoms with Crippen molar-refractivity contribution < 1.29 is 19.1 Å². The first kappa shape index (κ1) is 22.1. The summed E-state index contributed by atoms with van der Waals surface area (Å²) in [5.74, 6) is -1.20. The first-order chi connectivity index (χ1) is 15.2. The SMILES string of the molecule is COC(=O)C1(C(=O)OC(C)(C)C)CN(Cc2ccccc2)CCc2c1[nH]c1ccccc21. The Balaban J connectivity index is 1.88. The van der Waals surface area contributed by atoms with E-state index in [1.165, 1.54) is 7.11 Å². The zero-order valence-electron chi connectivity index (χ0n) is 19.1. The first-order valence-corrected chi connectivity index (χ1v) is 10.9. The van der Waals surface area contributed by atoms with E-state index in [0.29, 0.717) is 25.2 Å². The number of ether oxygens (including phenoxy) is 2. The van der Waals surface area contributed by atoms with Crippen molar-refractivity contribution >= 4 is 22.8 Å². The predicted molar refractivity (Wildman–Crippen MR) is 123 cm³/mol. The van der Waals surface area contributed by atoms with Gasteiger partial charge in [0.25, 0.3) is 0 Å². The Hall–Kier alpha value is -3.12. The molecule has 1 aliphatic rings. The van der Waals surface area contributed by atoms with Crippen LogP contribution in [-0.4, -0.2) is 47.6 Å². The fraction of sp³-hybridized carbons (Fsp3) is 0.385. The Bertz CT molecular complexity index is 1130. The van der Waals surface area contributed by atoms with Crippen LogP contribution in [-0.2, 0) is 37.4 Å². The van der Waals surface area contributed by atoms with E-state index in [-0.39, 0.29) is 6.54 Å². The van der Waals surface area contributed by atoms with E-state index in [1.54, 1.807) is 20.8 Å². The van der Waals surface area contributed by atoms with Crippen LogP contribution in [0.4, 0.5) is 0 Å². The van der Waals surface area contributed by atoms with Gasteiger partial charge < -0.3 is 14.5 Å². The summed E-state index contributed by atoms with van der Waals surface area (Å²) in [5, 5.41) is 1.01. The van der Waals surface area contributed by atoms with Gasteiger partial charge in [0.05, 0.1) is 7.11 Å². The van der Waals surface area contributed by atoms with Gasteiger partial charge in [-0.3, -0.25) is 14.5 Å². The van der Waals surface area contributed by atoms with Crippen LogP contribution in [0.25, 0.3) is 10.9 Å². The molecule has 0 spiro atoms. The highest BCUT2D eigenvalue weighted by molar-refractivity contribution is 6.08. The van der Waals surface area contributed by atoms with Gasteiger partial charge in [-0.2, -0.15) is 0 Å². The molecule has 6 heteroatoms. The number of fused-ring (bicyclic) bond motifs is 3. The van der Waals surface area contributed by atoms with Crippen molar-refractivity contribution in [2.24, 2.45) is 0 Å². The highest BCUT2D eigenvalue weighted by Gasteiger charge is 2.55. The van der Waals surface area contributed by atoms with Crippen molar-refractivity contribution in [1.29, 1.82) is 0 Å². The Morgan fingerprint density at radius 1 is 1.03 bits per heavy atom. The zero-order valence-corrected chi connectivity index (χ0v) is 19.1. The molecule has 1 N–H and O–H groups in total. The maximum Gasteiger partial charge on any atom is 0.331 e. The van der Waals surface area contributed by atoms with Gasteiger partial charge in [-0.15, -0.1) is 0 Å². The third-order valence-electron chi connectivity index (χ3n) is 5.91. The fourth-order valence-electron chi connectivity index (χ4n) is 4.52. The molecule has 0 bridgehead atoms. The summed E-state index contributed by atoms with van der Waals surface area (Å²) in [4.78, 5) is 32.7. The van der Waals surface area contributed by atoms with E-state index in [2.05, 4.69) is 9.88 Å². The first-order valence-electron chi connectivity index (χ1n) is 10.9. The molecule has 0 fully saturated rings. The Morgan fingerprint density at radius 3 is 2.41 bits per heavy atom. The summed E-state index contributed by atoms with van der Waals surface area (Å²) in [6.07, 6.45) is 0.702. The summed E-state index contributed by atoms with van der Waals surface area (Å²) in [6.45, 7) is 6.90. The monoisotopic (exact) mass is 434 g/mol. The van der Waals surface area contributed by atoms with Gasteiger partial charge in [0.2, 0.25) is 5.41 Å². The van der Waals surface area contributed by atoms with Crippen molar-refractivity contribution in [1.82, 2.24) is 9.88 Å². The minimum atomic E-state index is -1.61. The predicted octanol–water partition coefficient (Wildman–Crippen LogP) is 3.98. The van der Waals surface area contributed by atoms with Crippen LogP contribution in [0.15, 0.2) is 54.6 Å². The Kier molecular flexibility index (Phi) is 5.82. The summed E-state index contributed by atoms with van der Waals surface area (Å²) >= 11 is 0. The molecule has 2 aromatic carbocycles. The van der Waals surface area contributed by atoms with E-state index in [1.807, 2.05) is 54.6 Å². The molecule has 0 saturated carbocycles. The average molecular weight is 435 g/mol. The van der Waals surface area contributed by atoms with E-state index >= 15 is 0 Å². The minimum Gasteiger partial charge on any atom is -0.468 e. The number of aromatic nitrogens is 1. The lowest BCUT2D eigenvalue weighted by Gasteiger charge is -2.34. The molecular weight excluding hydrogens is 404 g/mol. The summed E-state index contributed by atoms with van der Waals surface area (Å²) in [5.41, 5.74) is 1.20. The number of hydrogen-bond donors (Lipinski definition) is 1. The number of methoxy groups -OCH3 is 1. The highest BCUT2D eigenvalue weighted by atomic mass is 16.6. The number of hydrogen-bond acceptors (Lipinski definition) is 5. The number of carbonyl (C=O) groups excluding carboxylic acids is 2. The van der Waals surface area contributed by atoms with Gasteiger partial charge in [-0.25, -0.2) is 0 Å². The number of para-hydroxylation sites is 1. The van der Waals surface area contributed by atoms with Crippen LogP contribution >= 0.6 is 0 Å². The van der Waals surface area contributed by atoms with Gasteiger partial charge in [0.1, 0.15) is 5.60 Å². The molecule has 3 aromatic rings. The van der Waals surface area contributed by atoms with Gasteiger partial charge in [-0.1, -0.05) is 48.5 Å². The third kappa shape index (κ3) is 4.02. The Labute approximate surface area is 188 Å². The topological polar surface area (TPSA) is 71.6 Å². The normalized spacial score (nSPS) is 19.2. The molecule has 1 unspecified atom stereocenters. The van der Waals surface area contributed by atoms with Crippen molar-refractivity contribution in [2.75, 3.05) is 20.2 Å². The molecule has 1 atom stereocenters. The number of nitrogens with zero attached hydrogens (tertiary/aromatic N) is 1. The fourth-order valence-corrected chi connectivity index (χ4v) is 4.52. The largest absolute Gasteiger partial charge is 0.468 e. The number of aromatic amines is 1. The number of carbonyl (C=O) groups is 2. The molecule has 0 amide bonds. The maximum absolute atomic E-state index is 13.8. The van der Waals surface area contributed by atoms with Gasteiger partial charge in [0.15, 0.2) is 0 Å². The van der Waals surface area contributed by atoms with Crippen LogP contribution in [0.2, 0.25) is 0 Å². The lowest BCUT2D eigenvalue weighted by Crippen LogP contribution is -2.54. The molecule has 168 valence electrons. The quantitative estimate of drug-likeness (QED) is 0.497. The van der Waals surface area contributed by atoms with E-state index in [9.17, 15) is 9.59 Å².